The van der Waals surface area contributed by atoms with Crippen LogP contribution in [0.15, 0.2) is 18.2 Å². The van der Waals surface area contributed by atoms with Gasteiger partial charge in [-0.15, -0.1) is 0 Å². The topological polar surface area (TPSA) is 49.8 Å². The molecule has 1 amide bonds. The molecule has 0 bridgehead atoms. The van der Waals surface area contributed by atoms with Crippen molar-refractivity contribution in [1.82, 2.24) is 4.90 Å². The van der Waals surface area contributed by atoms with Crippen LogP contribution in [0.5, 0.6) is 0 Å². The normalized spacial score (nSPS) is 21.7. The van der Waals surface area contributed by atoms with Gasteiger partial charge in [0.15, 0.2) is 0 Å². The Morgan fingerprint density at radius 3 is 2.62 bits per heavy atom. The third-order valence-electron chi connectivity index (χ3n) is 4.35. The molecule has 1 fully saturated rings. The van der Waals surface area contributed by atoms with Gasteiger partial charge in [0.1, 0.15) is 5.60 Å². The summed E-state index contributed by atoms with van der Waals surface area (Å²) < 4.78 is 5.50. The Balaban J connectivity index is 2.28. The maximum absolute atomic E-state index is 12.5. The Labute approximate surface area is 153 Å². The Morgan fingerprint density at radius 1 is 1.33 bits per heavy atom. The van der Waals surface area contributed by atoms with Gasteiger partial charge in [0.05, 0.1) is 10.0 Å². The summed E-state index contributed by atoms with van der Waals surface area (Å²) in [5, 5.41) is 10.6. The van der Waals surface area contributed by atoms with Crippen molar-refractivity contribution >= 4 is 29.3 Å². The number of rotatable bonds is 3. The minimum absolute atomic E-state index is 0.0441. The molecule has 6 heteroatoms. The van der Waals surface area contributed by atoms with Gasteiger partial charge >= 0.3 is 6.09 Å². The van der Waals surface area contributed by atoms with E-state index in [0.29, 0.717) is 29.6 Å². The number of amides is 1. The SMILES string of the molecule is CC(C)(C)OC(=O)N1CCCC(CCO)(c2ccc(Cl)c(Cl)c2)C1. The van der Waals surface area contributed by atoms with Crippen molar-refractivity contribution in [2.24, 2.45) is 0 Å². The van der Waals surface area contributed by atoms with Gasteiger partial charge in [0.2, 0.25) is 0 Å². The Kier molecular flexibility index (Phi) is 6.05. The second-order valence-electron chi connectivity index (χ2n) is 7.39. The summed E-state index contributed by atoms with van der Waals surface area (Å²) in [6.07, 6.45) is 1.97. The number of aliphatic hydroxyl groups excluding tert-OH is 1. The first-order valence-electron chi connectivity index (χ1n) is 8.21. The van der Waals surface area contributed by atoms with Crippen molar-refractivity contribution in [2.75, 3.05) is 19.7 Å². The van der Waals surface area contributed by atoms with Crippen LogP contribution in [-0.4, -0.2) is 41.4 Å². The smallest absolute Gasteiger partial charge is 0.410 e. The largest absolute Gasteiger partial charge is 0.444 e. The molecular weight excluding hydrogens is 349 g/mol. The van der Waals surface area contributed by atoms with E-state index in [0.717, 1.165) is 18.4 Å². The van der Waals surface area contributed by atoms with E-state index < -0.39 is 5.60 Å². The van der Waals surface area contributed by atoms with E-state index in [1.54, 1.807) is 11.0 Å². The van der Waals surface area contributed by atoms with Crippen LogP contribution in [0.2, 0.25) is 10.0 Å². The van der Waals surface area contributed by atoms with Crippen LogP contribution in [0, 0.1) is 0 Å². The van der Waals surface area contributed by atoms with E-state index in [9.17, 15) is 9.90 Å². The Hall–Kier alpha value is -0.970. The molecule has 134 valence electrons. The molecule has 0 aromatic heterocycles. The molecule has 1 aliphatic rings. The lowest BCUT2D eigenvalue weighted by atomic mass is 9.72. The number of benzene rings is 1. The number of nitrogens with zero attached hydrogens (tertiary/aromatic N) is 1. The number of hydrogen-bond acceptors (Lipinski definition) is 3. The first-order valence-corrected chi connectivity index (χ1v) is 8.97. The maximum atomic E-state index is 12.5. The van der Waals surface area contributed by atoms with Crippen molar-refractivity contribution in [3.8, 4) is 0 Å². The van der Waals surface area contributed by atoms with Crippen molar-refractivity contribution in [2.45, 2.75) is 51.0 Å². The van der Waals surface area contributed by atoms with Crippen LogP contribution in [0.3, 0.4) is 0 Å². The maximum Gasteiger partial charge on any atom is 0.410 e. The monoisotopic (exact) mass is 373 g/mol. The van der Waals surface area contributed by atoms with Gasteiger partial charge in [-0.05, 0) is 57.7 Å². The molecule has 0 spiro atoms. The highest BCUT2D eigenvalue weighted by Crippen LogP contribution is 2.39. The molecule has 2 rings (SSSR count). The quantitative estimate of drug-likeness (QED) is 0.838. The lowest BCUT2D eigenvalue weighted by molar-refractivity contribution is 0.0112. The number of ether oxygens (including phenoxy) is 1. The molecule has 1 unspecified atom stereocenters. The van der Waals surface area contributed by atoms with Crippen LogP contribution in [0.4, 0.5) is 4.79 Å². The van der Waals surface area contributed by atoms with Crippen molar-refractivity contribution in [3.05, 3.63) is 33.8 Å². The average molecular weight is 374 g/mol. The minimum atomic E-state index is -0.530. The Morgan fingerprint density at radius 2 is 2.04 bits per heavy atom. The highest BCUT2D eigenvalue weighted by atomic mass is 35.5. The molecule has 1 aromatic carbocycles. The third-order valence-corrected chi connectivity index (χ3v) is 5.09. The average Bonchev–Trinajstić information content (AvgIpc) is 2.49. The highest BCUT2D eigenvalue weighted by Gasteiger charge is 2.39. The number of piperidine rings is 1. The summed E-state index contributed by atoms with van der Waals surface area (Å²) in [4.78, 5) is 14.2. The molecule has 0 saturated carbocycles. The number of aliphatic hydroxyl groups is 1. The van der Waals surface area contributed by atoms with E-state index in [2.05, 4.69) is 0 Å². The fourth-order valence-corrected chi connectivity index (χ4v) is 3.54. The van der Waals surface area contributed by atoms with E-state index in [-0.39, 0.29) is 18.1 Å². The van der Waals surface area contributed by atoms with Crippen molar-refractivity contribution < 1.29 is 14.6 Å². The van der Waals surface area contributed by atoms with E-state index in [1.165, 1.54) is 0 Å². The third kappa shape index (κ3) is 4.56. The van der Waals surface area contributed by atoms with Gasteiger partial charge in [-0.3, -0.25) is 0 Å². The molecule has 1 aliphatic heterocycles. The van der Waals surface area contributed by atoms with Crippen LogP contribution in [0.25, 0.3) is 0 Å². The standard InChI is InChI=1S/C18H25Cl2NO3/c1-17(2,3)24-16(23)21-9-4-7-18(12-21,8-10-22)13-5-6-14(19)15(20)11-13/h5-6,11,22H,4,7-10,12H2,1-3H3. The van der Waals surface area contributed by atoms with E-state index in [4.69, 9.17) is 27.9 Å². The minimum Gasteiger partial charge on any atom is -0.444 e. The molecule has 1 N–H and O–H groups in total. The van der Waals surface area contributed by atoms with Crippen LogP contribution in [-0.2, 0) is 10.2 Å². The number of carbonyl (C=O) groups is 1. The number of carbonyl (C=O) groups excluding carboxylic acids is 1. The molecule has 24 heavy (non-hydrogen) atoms. The molecule has 1 saturated heterocycles. The molecule has 1 atom stereocenters. The summed E-state index contributed by atoms with van der Waals surface area (Å²) >= 11 is 12.2. The predicted octanol–water partition coefficient (Wildman–Crippen LogP) is 4.64. The second kappa shape index (κ2) is 7.51. The summed E-state index contributed by atoms with van der Waals surface area (Å²) in [5.41, 5.74) is 0.134. The summed E-state index contributed by atoms with van der Waals surface area (Å²) in [6, 6.07) is 5.55. The number of halogens is 2. The zero-order valence-corrected chi connectivity index (χ0v) is 16.0. The van der Waals surface area contributed by atoms with Gasteiger partial charge in [-0.1, -0.05) is 29.3 Å². The summed E-state index contributed by atoms with van der Waals surface area (Å²) in [7, 11) is 0. The second-order valence-corrected chi connectivity index (χ2v) is 8.20. The first kappa shape index (κ1) is 19.4. The van der Waals surface area contributed by atoms with Gasteiger partial charge in [0.25, 0.3) is 0 Å². The first-order chi connectivity index (χ1) is 11.2. The highest BCUT2D eigenvalue weighted by molar-refractivity contribution is 6.42. The van der Waals surface area contributed by atoms with Crippen molar-refractivity contribution in [3.63, 3.8) is 0 Å². The Bertz CT molecular complexity index is 596. The zero-order chi connectivity index (χ0) is 18.0. The van der Waals surface area contributed by atoms with Gasteiger partial charge in [-0.25, -0.2) is 4.79 Å². The number of likely N-dealkylation sites (tertiary alicyclic amines) is 1. The van der Waals surface area contributed by atoms with Crippen LogP contribution < -0.4 is 0 Å². The summed E-state index contributed by atoms with van der Waals surface area (Å²) in [6.45, 7) is 6.77. The number of hydrogen-bond donors (Lipinski definition) is 1. The van der Waals surface area contributed by atoms with Gasteiger partial charge < -0.3 is 14.7 Å². The lowest BCUT2D eigenvalue weighted by Gasteiger charge is -2.43. The fraction of sp³-hybridized carbons (Fsp3) is 0.611. The lowest BCUT2D eigenvalue weighted by Crippen LogP contribution is -2.50. The van der Waals surface area contributed by atoms with Crippen LogP contribution >= 0.6 is 23.2 Å². The zero-order valence-electron chi connectivity index (χ0n) is 14.4. The van der Waals surface area contributed by atoms with Gasteiger partial charge in [0, 0.05) is 25.1 Å². The molecule has 4 nitrogen and oxygen atoms in total. The van der Waals surface area contributed by atoms with Crippen LogP contribution in [0.1, 0.15) is 45.6 Å². The van der Waals surface area contributed by atoms with Crippen molar-refractivity contribution in [1.29, 1.82) is 0 Å². The fourth-order valence-electron chi connectivity index (χ4n) is 3.24. The molecule has 1 heterocycles. The predicted molar refractivity (Wildman–Crippen MR) is 96.9 cm³/mol. The van der Waals surface area contributed by atoms with E-state index in [1.807, 2.05) is 32.9 Å². The molecule has 0 radical (unpaired) electrons. The molecular formula is C18H25Cl2NO3. The van der Waals surface area contributed by atoms with Gasteiger partial charge in [-0.2, -0.15) is 0 Å². The molecule has 1 aromatic rings. The van der Waals surface area contributed by atoms with E-state index >= 15 is 0 Å². The molecule has 0 aliphatic carbocycles. The summed E-state index contributed by atoms with van der Waals surface area (Å²) in [5.74, 6) is 0.